The first-order valence-corrected chi connectivity index (χ1v) is 8.71. The molecule has 3 aromatic rings. The van der Waals surface area contributed by atoms with Crippen LogP contribution in [0, 0.1) is 0 Å². The Morgan fingerprint density at radius 1 is 1.28 bits per heavy atom. The van der Waals surface area contributed by atoms with Gasteiger partial charge in [-0.2, -0.15) is 8.78 Å². The molecule has 1 N–H and O–H groups in total. The maximum atomic E-state index is 12.8. The lowest BCUT2D eigenvalue weighted by Crippen LogP contribution is -2.10. The van der Waals surface area contributed by atoms with Crippen LogP contribution in [0.2, 0.25) is 5.02 Å². The Balaban J connectivity index is 1.91. The van der Waals surface area contributed by atoms with Gasteiger partial charge in [-0.15, -0.1) is 0 Å². The number of imidazole rings is 1. The van der Waals surface area contributed by atoms with E-state index in [2.05, 4.69) is 25.7 Å². The Morgan fingerprint density at radius 3 is 2.84 bits per heavy atom. The molecule has 0 bridgehead atoms. The van der Waals surface area contributed by atoms with Crippen LogP contribution in [-0.4, -0.2) is 21.3 Å². The van der Waals surface area contributed by atoms with Gasteiger partial charge in [0.1, 0.15) is 17.7 Å². The summed E-state index contributed by atoms with van der Waals surface area (Å²) >= 11 is 9.50. The lowest BCUT2D eigenvalue weighted by atomic mass is 10.0. The van der Waals surface area contributed by atoms with Crippen LogP contribution in [0.3, 0.4) is 0 Å². The van der Waals surface area contributed by atoms with Crippen LogP contribution in [0.1, 0.15) is 30.0 Å². The van der Waals surface area contributed by atoms with Crippen molar-refractivity contribution in [1.29, 1.82) is 0 Å². The molecule has 25 heavy (non-hydrogen) atoms. The Morgan fingerprint density at radius 2 is 2.08 bits per heavy atom. The van der Waals surface area contributed by atoms with Crippen molar-refractivity contribution < 1.29 is 18.6 Å². The van der Waals surface area contributed by atoms with E-state index in [0.29, 0.717) is 22.8 Å². The van der Waals surface area contributed by atoms with Crippen molar-refractivity contribution in [2.75, 3.05) is 0 Å². The molecule has 0 fully saturated rings. The molecule has 1 aliphatic rings. The van der Waals surface area contributed by atoms with Crippen LogP contribution < -0.4 is 4.74 Å². The zero-order chi connectivity index (χ0) is 17.7. The molecule has 1 aliphatic heterocycles. The van der Waals surface area contributed by atoms with E-state index in [9.17, 15) is 13.9 Å². The summed E-state index contributed by atoms with van der Waals surface area (Å²) in [5.41, 5.74) is 2.01. The highest BCUT2D eigenvalue weighted by Crippen LogP contribution is 2.44. The molecule has 2 heterocycles. The van der Waals surface area contributed by atoms with Gasteiger partial charge in [0.25, 0.3) is 0 Å². The van der Waals surface area contributed by atoms with Crippen molar-refractivity contribution in [3.63, 3.8) is 0 Å². The highest BCUT2D eigenvalue weighted by Gasteiger charge is 2.35. The SMILES string of the molecule is OC1C[C@H](c2cc(Cl)ccc2OC(F)F)n2c1nc1ccc(Br)cc12. The summed E-state index contributed by atoms with van der Waals surface area (Å²) in [7, 11) is 0. The van der Waals surface area contributed by atoms with E-state index in [0.717, 1.165) is 15.5 Å². The van der Waals surface area contributed by atoms with E-state index >= 15 is 0 Å². The predicted octanol–water partition coefficient (Wildman–Crippen LogP) is 5.08. The second-order valence-corrected chi connectivity index (χ2v) is 7.15. The molecule has 4 rings (SSSR count). The van der Waals surface area contributed by atoms with Crippen molar-refractivity contribution in [2.45, 2.75) is 25.2 Å². The van der Waals surface area contributed by atoms with Crippen LogP contribution in [0.4, 0.5) is 8.78 Å². The largest absolute Gasteiger partial charge is 0.434 e. The number of nitrogens with zero attached hydrogens (tertiary/aromatic N) is 2. The third kappa shape index (κ3) is 2.90. The molecule has 0 aliphatic carbocycles. The molecule has 0 saturated heterocycles. The second kappa shape index (κ2) is 6.23. The number of halogens is 4. The van der Waals surface area contributed by atoms with E-state index in [1.165, 1.54) is 12.1 Å². The summed E-state index contributed by atoms with van der Waals surface area (Å²) < 4.78 is 32.9. The van der Waals surface area contributed by atoms with E-state index in [4.69, 9.17) is 11.6 Å². The van der Waals surface area contributed by atoms with Crippen molar-refractivity contribution in [3.8, 4) is 5.75 Å². The number of benzene rings is 2. The number of aliphatic hydroxyl groups excluding tert-OH is 1. The molecule has 2 atom stereocenters. The maximum Gasteiger partial charge on any atom is 0.387 e. The molecule has 130 valence electrons. The summed E-state index contributed by atoms with van der Waals surface area (Å²) in [6.07, 6.45) is -0.486. The smallest absolute Gasteiger partial charge is 0.387 e. The maximum absolute atomic E-state index is 12.8. The highest BCUT2D eigenvalue weighted by molar-refractivity contribution is 9.10. The normalized spacial score (nSPS) is 19.6. The summed E-state index contributed by atoms with van der Waals surface area (Å²) in [4.78, 5) is 4.47. The van der Waals surface area contributed by atoms with Gasteiger partial charge in [-0.05, 0) is 36.4 Å². The van der Waals surface area contributed by atoms with Crippen LogP contribution in [0.5, 0.6) is 5.75 Å². The van der Waals surface area contributed by atoms with E-state index < -0.39 is 18.8 Å². The Labute approximate surface area is 155 Å². The molecular formula is C17H12BrClF2N2O2. The van der Waals surface area contributed by atoms with Crippen molar-refractivity contribution in [3.05, 3.63) is 57.3 Å². The van der Waals surface area contributed by atoms with Gasteiger partial charge in [0.2, 0.25) is 0 Å². The van der Waals surface area contributed by atoms with Gasteiger partial charge in [0.05, 0.1) is 17.1 Å². The molecular weight excluding hydrogens is 418 g/mol. The van der Waals surface area contributed by atoms with Gasteiger partial charge in [0, 0.05) is 21.5 Å². The standard InChI is InChI=1S/C17H12BrClF2N2O2/c18-8-1-3-11-13(5-8)23-12(7-14(24)16(23)22-11)10-6-9(19)2-4-15(10)25-17(20)21/h1-6,12,14,17,24H,7H2/t12-,14?/m1/s1. The van der Waals surface area contributed by atoms with Gasteiger partial charge in [0.15, 0.2) is 0 Å². The van der Waals surface area contributed by atoms with Crippen LogP contribution in [0.15, 0.2) is 40.9 Å². The Hall–Kier alpha value is -1.70. The predicted molar refractivity (Wildman–Crippen MR) is 93.2 cm³/mol. The lowest BCUT2D eigenvalue weighted by Gasteiger charge is -2.19. The zero-order valence-corrected chi connectivity index (χ0v) is 15.0. The third-order valence-electron chi connectivity index (χ3n) is 4.28. The molecule has 4 nitrogen and oxygen atoms in total. The fourth-order valence-electron chi connectivity index (χ4n) is 3.32. The number of hydrogen-bond donors (Lipinski definition) is 1. The Kier molecular flexibility index (Phi) is 4.17. The molecule has 0 saturated carbocycles. The number of aromatic nitrogens is 2. The minimum atomic E-state index is -2.95. The number of rotatable bonds is 3. The van der Waals surface area contributed by atoms with Crippen molar-refractivity contribution >= 4 is 38.6 Å². The quantitative estimate of drug-likeness (QED) is 0.631. The van der Waals surface area contributed by atoms with E-state index in [-0.39, 0.29) is 5.75 Å². The van der Waals surface area contributed by atoms with Gasteiger partial charge in [-0.1, -0.05) is 27.5 Å². The van der Waals surface area contributed by atoms with Crippen LogP contribution in [0.25, 0.3) is 11.0 Å². The fraction of sp³-hybridized carbons (Fsp3) is 0.235. The molecule has 1 unspecified atom stereocenters. The minimum Gasteiger partial charge on any atom is -0.434 e. The molecule has 1 aromatic heterocycles. The van der Waals surface area contributed by atoms with Crippen LogP contribution in [-0.2, 0) is 0 Å². The minimum absolute atomic E-state index is 0.0429. The van der Waals surface area contributed by atoms with Crippen molar-refractivity contribution in [2.24, 2.45) is 0 Å². The van der Waals surface area contributed by atoms with Gasteiger partial charge >= 0.3 is 6.61 Å². The first-order chi connectivity index (χ1) is 11.9. The van der Waals surface area contributed by atoms with Gasteiger partial charge < -0.3 is 14.4 Å². The summed E-state index contributed by atoms with van der Waals surface area (Å²) in [6.45, 7) is -2.95. The second-order valence-electron chi connectivity index (χ2n) is 5.80. The summed E-state index contributed by atoms with van der Waals surface area (Å²) in [6, 6.07) is 9.68. The Bertz CT molecular complexity index is 963. The average Bonchev–Trinajstić information content (AvgIpc) is 3.07. The monoisotopic (exact) mass is 428 g/mol. The highest BCUT2D eigenvalue weighted by atomic mass is 79.9. The van der Waals surface area contributed by atoms with E-state index in [1.807, 2.05) is 22.8 Å². The molecule has 0 amide bonds. The first kappa shape index (κ1) is 16.8. The first-order valence-electron chi connectivity index (χ1n) is 7.53. The molecule has 0 spiro atoms. The molecule has 2 aromatic carbocycles. The fourth-order valence-corrected chi connectivity index (χ4v) is 3.85. The third-order valence-corrected chi connectivity index (χ3v) is 5.01. The zero-order valence-electron chi connectivity index (χ0n) is 12.7. The lowest BCUT2D eigenvalue weighted by molar-refractivity contribution is -0.0507. The number of hydrogen-bond acceptors (Lipinski definition) is 3. The number of ether oxygens (including phenoxy) is 1. The van der Waals surface area contributed by atoms with E-state index in [1.54, 1.807) is 6.07 Å². The van der Waals surface area contributed by atoms with Crippen LogP contribution >= 0.6 is 27.5 Å². The number of fused-ring (bicyclic) bond motifs is 3. The topological polar surface area (TPSA) is 47.3 Å². The number of aliphatic hydroxyl groups is 1. The summed E-state index contributed by atoms with van der Waals surface area (Å²) in [5.74, 6) is 0.544. The average molecular weight is 430 g/mol. The molecule has 0 radical (unpaired) electrons. The summed E-state index contributed by atoms with van der Waals surface area (Å²) in [5, 5.41) is 10.8. The van der Waals surface area contributed by atoms with Gasteiger partial charge in [-0.3, -0.25) is 0 Å². The van der Waals surface area contributed by atoms with Crippen molar-refractivity contribution in [1.82, 2.24) is 9.55 Å². The number of alkyl halides is 2. The van der Waals surface area contributed by atoms with Gasteiger partial charge in [-0.25, -0.2) is 4.98 Å². The molecule has 8 heteroatoms.